The van der Waals surface area contributed by atoms with Crippen LogP contribution in [0.4, 0.5) is 0 Å². The summed E-state index contributed by atoms with van der Waals surface area (Å²) in [7, 11) is 0. The van der Waals surface area contributed by atoms with Gasteiger partial charge in [-0.2, -0.15) is 0 Å². The quantitative estimate of drug-likeness (QED) is 0.198. The first-order valence-electron chi connectivity index (χ1n) is 16.2. The van der Waals surface area contributed by atoms with E-state index in [1.165, 1.54) is 60.5 Å². The summed E-state index contributed by atoms with van der Waals surface area (Å²) >= 11 is -2.16. The van der Waals surface area contributed by atoms with Crippen molar-refractivity contribution in [1.82, 2.24) is 0 Å². The maximum atomic E-state index is 9.84. The van der Waals surface area contributed by atoms with Crippen LogP contribution in [0.1, 0.15) is 96.0 Å². The molecule has 45 heavy (non-hydrogen) atoms. The van der Waals surface area contributed by atoms with E-state index in [0.29, 0.717) is 13.0 Å². The molecule has 0 heterocycles. The van der Waals surface area contributed by atoms with Gasteiger partial charge in [-0.3, -0.25) is 0 Å². The zero-order valence-corrected chi connectivity index (χ0v) is 30.6. The standard InChI is InChI=1S/C14H22O.2C14H11.CH2.Zr/c1-13(2,3)10-7-8-12(15)11(9-10)14(4,5)6;2*1-10-8-12-7-6-11-4-2-3-5-13(11)14(12)9-10;;/h7-9,15H,1-6H3;2*2-9H,1H3;1H2;. The van der Waals surface area contributed by atoms with Gasteiger partial charge in [0.05, 0.1) is 0 Å². The average Bonchev–Trinajstić information content (AvgIpc) is 3.52. The number of benzene rings is 5. The number of phenols is 1. The Hall–Kier alpha value is -3.35. The molecular weight excluding hydrogens is 624 g/mol. The summed E-state index contributed by atoms with van der Waals surface area (Å²) < 4.78 is 6.08. The average molecular weight is 670 g/mol. The predicted octanol–water partition coefficient (Wildman–Crippen LogP) is 11.6. The third-order valence-corrected chi connectivity index (χ3v) is 17.1. The molecule has 0 amide bonds. The van der Waals surface area contributed by atoms with Crippen LogP contribution in [0.2, 0.25) is 0 Å². The summed E-state index contributed by atoms with van der Waals surface area (Å²) in [5.41, 5.74) is 11.4. The van der Waals surface area contributed by atoms with Crippen LogP contribution >= 0.6 is 0 Å². The van der Waals surface area contributed by atoms with Crippen molar-refractivity contribution in [3.05, 3.63) is 136 Å². The SMILES string of the molecule is CC(C)(C)c1ccc(O)c(C(C)(C)C)c1.[CH2]=[Zr]([CH]1C(C)=Cc2c1ccc1ccccc21)[CH]1C(C)=Cc2c1ccc1ccccc21. The number of hydrogen-bond acceptors (Lipinski definition) is 1. The Balaban J connectivity index is 0.000000202. The van der Waals surface area contributed by atoms with Crippen molar-refractivity contribution < 1.29 is 26.4 Å². The number of rotatable bonds is 2. The summed E-state index contributed by atoms with van der Waals surface area (Å²) in [6.45, 7) is 17.6. The maximum absolute atomic E-state index is 9.84. The monoisotopic (exact) mass is 668 g/mol. The molecule has 5 aromatic carbocycles. The Morgan fingerprint density at radius 3 is 1.51 bits per heavy atom. The fraction of sp³-hybridized carbons (Fsp3) is 0.279. The van der Waals surface area contributed by atoms with E-state index in [0.717, 1.165) is 5.56 Å². The van der Waals surface area contributed by atoms with Crippen LogP contribution in [0.15, 0.2) is 102 Å². The van der Waals surface area contributed by atoms with Crippen molar-refractivity contribution in [2.75, 3.05) is 0 Å². The van der Waals surface area contributed by atoms with E-state index in [-0.39, 0.29) is 10.8 Å². The van der Waals surface area contributed by atoms with Crippen LogP contribution in [0.25, 0.3) is 33.7 Å². The van der Waals surface area contributed by atoms with Crippen LogP contribution in [0.5, 0.6) is 5.75 Å². The van der Waals surface area contributed by atoms with Crippen molar-refractivity contribution in [3.8, 4) is 5.75 Å². The van der Waals surface area contributed by atoms with Crippen molar-refractivity contribution >= 4 is 37.9 Å². The van der Waals surface area contributed by atoms with Crippen LogP contribution < -0.4 is 0 Å². The molecule has 0 fully saturated rings. The Bertz CT molecular complexity index is 1920. The third kappa shape index (κ3) is 5.88. The van der Waals surface area contributed by atoms with Gasteiger partial charge in [0, 0.05) is 0 Å². The molecule has 0 spiro atoms. The van der Waals surface area contributed by atoms with E-state index in [9.17, 15) is 5.11 Å². The summed E-state index contributed by atoms with van der Waals surface area (Å²) in [6.07, 6.45) is 4.90. The van der Waals surface area contributed by atoms with Gasteiger partial charge in [0.25, 0.3) is 0 Å². The molecule has 2 heteroatoms. The van der Waals surface area contributed by atoms with E-state index >= 15 is 0 Å². The Labute approximate surface area is 277 Å². The minimum absolute atomic E-state index is 0.00859. The van der Waals surface area contributed by atoms with Gasteiger partial charge in [0.1, 0.15) is 5.75 Å². The van der Waals surface area contributed by atoms with Crippen molar-refractivity contribution in [2.24, 2.45) is 0 Å². The second kappa shape index (κ2) is 11.8. The fourth-order valence-corrected chi connectivity index (χ4v) is 14.6. The minimum atomic E-state index is -2.16. The van der Waals surface area contributed by atoms with Gasteiger partial charge in [-0.05, 0) is 28.0 Å². The van der Waals surface area contributed by atoms with Crippen molar-refractivity contribution in [1.29, 1.82) is 0 Å². The molecule has 0 aromatic heterocycles. The molecule has 1 nitrogen and oxygen atoms in total. The number of phenolic OH excluding ortho intramolecular Hbond substituents is 1. The van der Waals surface area contributed by atoms with Gasteiger partial charge in [-0.15, -0.1) is 0 Å². The molecule has 2 aliphatic carbocycles. The molecule has 2 aliphatic rings. The fourth-order valence-electron chi connectivity index (χ4n) is 7.32. The summed E-state index contributed by atoms with van der Waals surface area (Å²) in [5.74, 6) is 0.399. The number of fused-ring (bicyclic) bond motifs is 6. The van der Waals surface area contributed by atoms with Gasteiger partial charge < -0.3 is 5.11 Å². The molecule has 7 rings (SSSR count). The molecule has 0 bridgehead atoms. The molecule has 0 saturated carbocycles. The summed E-state index contributed by atoms with van der Waals surface area (Å²) in [6, 6.07) is 32.9. The van der Waals surface area contributed by atoms with E-state index in [4.69, 9.17) is 4.21 Å². The second-order valence-corrected chi connectivity index (χ2v) is 20.7. The molecule has 0 saturated heterocycles. The van der Waals surface area contributed by atoms with E-state index in [1.807, 2.05) is 6.07 Å². The summed E-state index contributed by atoms with van der Waals surface area (Å²) in [5, 5.41) is 15.3. The Morgan fingerprint density at radius 2 is 1.07 bits per heavy atom. The molecule has 1 N–H and O–H groups in total. The molecule has 228 valence electrons. The van der Waals surface area contributed by atoms with Gasteiger partial charge in [-0.1, -0.05) is 53.7 Å². The molecular formula is C43H46OZr. The first kappa shape index (κ1) is 31.6. The molecule has 0 radical (unpaired) electrons. The van der Waals surface area contributed by atoms with Crippen molar-refractivity contribution in [2.45, 2.75) is 73.5 Å². The van der Waals surface area contributed by atoms with Crippen LogP contribution in [0.3, 0.4) is 0 Å². The first-order chi connectivity index (χ1) is 21.3. The van der Waals surface area contributed by atoms with E-state index < -0.39 is 21.3 Å². The first-order valence-corrected chi connectivity index (χ1v) is 20.8. The van der Waals surface area contributed by atoms with Crippen molar-refractivity contribution in [3.63, 3.8) is 0 Å². The number of allylic oxidation sites excluding steroid dienone is 2. The number of aromatic hydroxyl groups is 1. The topological polar surface area (TPSA) is 20.2 Å². The van der Waals surface area contributed by atoms with Crippen LogP contribution in [0, 0.1) is 0 Å². The second-order valence-electron chi connectivity index (χ2n) is 15.0. The zero-order valence-electron chi connectivity index (χ0n) is 28.1. The molecule has 2 unspecified atom stereocenters. The van der Waals surface area contributed by atoms with E-state index in [2.05, 4.69) is 146 Å². The van der Waals surface area contributed by atoms with E-state index in [1.54, 1.807) is 6.07 Å². The zero-order chi connectivity index (χ0) is 32.3. The van der Waals surface area contributed by atoms with Gasteiger partial charge >= 0.3 is 186 Å². The molecule has 2 atom stereocenters. The van der Waals surface area contributed by atoms with Gasteiger partial charge in [-0.25, -0.2) is 0 Å². The third-order valence-electron chi connectivity index (χ3n) is 9.70. The number of hydrogen-bond donors (Lipinski definition) is 1. The predicted molar refractivity (Wildman–Crippen MR) is 193 cm³/mol. The Morgan fingerprint density at radius 1 is 0.600 bits per heavy atom. The van der Waals surface area contributed by atoms with Crippen LogP contribution in [-0.4, -0.2) is 9.32 Å². The summed E-state index contributed by atoms with van der Waals surface area (Å²) in [4.78, 5) is 0. The Kier molecular flexibility index (Phi) is 8.28. The van der Waals surface area contributed by atoms with Gasteiger partial charge in [0.2, 0.25) is 0 Å². The molecule has 5 aromatic rings. The molecule has 0 aliphatic heterocycles. The normalized spacial score (nSPS) is 17.3. The van der Waals surface area contributed by atoms with Gasteiger partial charge in [0.15, 0.2) is 0 Å². The van der Waals surface area contributed by atoms with Crippen LogP contribution in [-0.2, 0) is 32.1 Å².